The van der Waals surface area contributed by atoms with Crippen LogP contribution in [0.15, 0.2) is 42.1 Å². The van der Waals surface area contributed by atoms with Crippen molar-refractivity contribution in [3.8, 4) is 11.5 Å². The molecule has 2 atom stereocenters. The number of hydrogen-bond donors (Lipinski definition) is 1. The highest BCUT2D eigenvalue weighted by atomic mass is 16.5. The van der Waals surface area contributed by atoms with Gasteiger partial charge in [0.25, 0.3) is 5.91 Å². The summed E-state index contributed by atoms with van der Waals surface area (Å²) in [4.78, 5) is 29.8. The molecule has 0 saturated heterocycles. The average Bonchev–Trinajstić information content (AvgIpc) is 3.05. The first-order chi connectivity index (χ1) is 13.8. The second-order valence-corrected chi connectivity index (χ2v) is 7.67. The van der Waals surface area contributed by atoms with Crippen molar-refractivity contribution in [3.05, 3.63) is 47.7 Å². The molecule has 0 saturated carbocycles. The smallest absolute Gasteiger partial charge is 0.322 e. The molecule has 0 unspecified atom stereocenters. The van der Waals surface area contributed by atoms with Gasteiger partial charge in [-0.2, -0.15) is 0 Å². The Morgan fingerprint density at radius 2 is 1.97 bits per heavy atom. The molecule has 1 aromatic rings. The molecule has 0 radical (unpaired) electrons. The Bertz CT molecular complexity index is 862. The molecular weight excluding hydrogens is 370 g/mol. The first-order valence-electron chi connectivity index (χ1n) is 9.78. The maximum Gasteiger partial charge on any atom is 0.322 e. The molecule has 7 heteroatoms. The minimum Gasteiger partial charge on any atom is -0.497 e. The summed E-state index contributed by atoms with van der Waals surface area (Å²) < 4.78 is 10.9. The Kier molecular flexibility index (Phi) is 5.86. The van der Waals surface area contributed by atoms with Crippen molar-refractivity contribution < 1.29 is 19.1 Å². The Balaban J connectivity index is 2.13. The zero-order valence-corrected chi connectivity index (χ0v) is 17.7. The van der Waals surface area contributed by atoms with E-state index in [2.05, 4.69) is 25.7 Å². The van der Waals surface area contributed by atoms with Crippen molar-refractivity contribution >= 4 is 11.9 Å². The van der Waals surface area contributed by atoms with Crippen LogP contribution in [-0.2, 0) is 4.79 Å². The summed E-state index contributed by atoms with van der Waals surface area (Å²) in [5, 5.41) is 2.98. The van der Waals surface area contributed by atoms with Gasteiger partial charge in [0, 0.05) is 18.2 Å². The fourth-order valence-electron chi connectivity index (χ4n) is 3.82. The standard InChI is InChI=1S/C22H29N3O4/c1-7-10-24-17-12-25(14(4)13(2)3)21(26)19(17)20(23-22(24)27)16-11-15(28-5)8-9-18(16)29-6/h7-9,11,13-14,20H,1,10,12H2,2-6H3,(H,23,27)/t14-,20+/m1/s1. The van der Waals surface area contributed by atoms with E-state index in [1.54, 1.807) is 43.4 Å². The van der Waals surface area contributed by atoms with Gasteiger partial charge < -0.3 is 19.7 Å². The molecule has 0 bridgehead atoms. The molecule has 7 nitrogen and oxygen atoms in total. The molecule has 156 valence electrons. The maximum absolute atomic E-state index is 13.5. The van der Waals surface area contributed by atoms with E-state index >= 15 is 0 Å². The molecule has 0 fully saturated rings. The Morgan fingerprint density at radius 1 is 1.24 bits per heavy atom. The summed E-state index contributed by atoms with van der Waals surface area (Å²) in [5.41, 5.74) is 1.99. The lowest BCUT2D eigenvalue weighted by Crippen LogP contribution is -2.47. The predicted octanol–water partition coefficient (Wildman–Crippen LogP) is 3.10. The number of hydrogen-bond acceptors (Lipinski definition) is 4. The molecule has 2 aliphatic heterocycles. The van der Waals surface area contributed by atoms with E-state index in [9.17, 15) is 9.59 Å². The van der Waals surface area contributed by atoms with E-state index in [1.165, 1.54) is 0 Å². The van der Waals surface area contributed by atoms with Crippen molar-refractivity contribution in [1.29, 1.82) is 0 Å². The number of urea groups is 1. The van der Waals surface area contributed by atoms with Gasteiger partial charge in [0.2, 0.25) is 0 Å². The number of nitrogens with one attached hydrogen (secondary N) is 1. The second-order valence-electron chi connectivity index (χ2n) is 7.67. The average molecular weight is 399 g/mol. The Morgan fingerprint density at radius 3 is 2.55 bits per heavy atom. The number of nitrogens with zero attached hydrogens (tertiary/aromatic N) is 2. The fourth-order valence-corrected chi connectivity index (χ4v) is 3.82. The van der Waals surface area contributed by atoms with Crippen molar-refractivity contribution in [1.82, 2.24) is 15.1 Å². The summed E-state index contributed by atoms with van der Waals surface area (Å²) >= 11 is 0. The number of benzene rings is 1. The van der Waals surface area contributed by atoms with Gasteiger partial charge in [0.1, 0.15) is 11.5 Å². The van der Waals surface area contributed by atoms with E-state index in [1.807, 2.05) is 11.8 Å². The summed E-state index contributed by atoms with van der Waals surface area (Å²) in [6.07, 6.45) is 1.66. The van der Waals surface area contributed by atoms with Crippen LogP contribution in [0.1, 0.15) is 32.4 Å². The molecule has 0 aromatic heterocycles. The minimum absolute atomic E-state index is 0.0432. The lowest BCUT2D eigenvalue weighted by atomic mass is 9.94. The van der Waals surface area contributed by atoms with E-state index in [-0.39, 0.29) is 18.0 Å². The molecule has 3 rings (SSSR count). The molecule has 0 spiro atoms. The molecule has 3 amide bonds. The summed E-state index contributed by atoms with van der Waals surface area (Å²) in [7, 11) is 3.15. The normalized spacial score (nSPS) is 20.0. The van der Waals surface area contributed by atoms with Crippen LogP contribution in [0.2, 0.25) is 0 Å². The highest BCUT2D eigenvalue weighted by molar-refractivity contribution is 6.01. The van der Waals surface area contributed by atoms with E-state index in [0.29, 0.717) is 41.6 Å². The fraction of sp³-hybridized carbons (Fsp3) is 0.455. The van der Waals surface area contributed by atoms with E-state index < -0.39 is 6.04 Å². The van der Waals surface area contributed by atoms with Gasteiger partial charge in [-0.25, -0.2) is 4.79 Å². The summed E-state index contributed by atoms with van der Waals surface area (Å²) in [5.74, 6) is 1.44. The van der Waals surface area contributed by atoms with Crippen molar-refractivity contribution in [3.63, 3.8) is 0 Å². The SMILES string of the molecule is C=CCN1C(=O)N[C@@H](c2cc(OC)ccc2OC)C2=C1CN([C@H](C)C(C)C)C2=O. The summed E-state index contributed by atoms with van der Waals surface area (Å²) in [6, 6.07) is 4.55. The zero-order valence-electron chi connectivity index (χ0n) is 17.7. The number of carbonyl (C=O) groups is 2. The number of amides is 3. The van der Waals surface area contributed by atoms with Crippen molar-refractivity contribution in [2.24, 2.45) is 5.92 Å². The van der Waals surface area contributed by atoms with Gasteiger partial charge in [-0.3, -0.25) is 9.69 Å². The van der Waals surface area contributed by atoms with Crippen LogP contribution in [0.3, 0.4) is 0 Å². The number of rotatable bonds is 7. The van der Waals surface area contributed by atoms with Gasteiger partial charge in [-0.15, -0.1) is 6.58 Å². The lowest BCUT2D eigenvalue weighted by Gasteiger charge is -2.33. The zero-order chi connectivity index (χ0) is 21.3. The van der Waals surface area contributed by atoms with Crippen LogP contribution in [0.4, 0.5) is 4.79 Å². The second kappa shape index (κ2) is 8.19. The third kappa shape index (κ3) is 3.57. The topological polar surface area (TPSA) is 71.1 Å². The van der Waals surface area contributed by atoms with Gasteiger partial charge >= 0.3 is 6.03 Å². The minimum atomic E-state index is -0.611. The first kappa shape index (κ1) is 20.8. The van der Waals surface area contributed by atoms with Crippen LogP contribution >= 0.6 is 0 Å². The van der Waals surface area contributed by atoms with Gasteiger partial charge in [0.05, 0.1) is 38.1 Å². The molecule has 2 aliphatic rings. The van der Waals surface area contributed by atoms with Crippen LogP contribution in [0.25, 0.3) is 0 Å². The highest BCUT2D eigenvalue weighted by Gasteiger charge is 2.46. The van der Waals surface area contributed by atoms with Gasteiger partial charge in [-0.05, 0) is 31.0 Å². The van der Waals surface area contributed by atoms with E-state index in [4.69, 9.17) is 9.47 Å². The Labute approximate surface area is 171 Å². The Hall–Kier alpha value is -2.96. The highest BCUT2D eigenvalue weighted by Crippen LogP contribution is 2.41. The first-order valence-corrected chi connectivity index (χ1v) is 9.78. The molecule has 1 N–H and O–H groups in total. The molecular formula is C22H29N3O4. The maximum atomic E-state index is 13.5. The molecule has 29 heavy (non-hydrogen) atoms. The van der Waals surface area contributed by atoms with Gasteiger partial charge in [-0.1, -0.05) is 19.9 Å². The van der Waals surface area contributed by atoms with Crippen LogP contribution in [0.5, 0.6) is 11.5 Å². The third-order valence-electron chi connectivity index (χ3n) is 5.77. The van der Waals surface area contributed by atoms with Crippen molar-refractivity contribution in [2.75, 3.05) is 27.3 Å². The number of ether oxygens (including phenoxy) is 2. The molecule has 0 aliphatic carbocycles. The van der Waals surface area contributed by atoms with Gasteiger partial charge in [0.15, 0.2) is 0 Å². The summed E-state index contributed by atoms with van der Waals surface area (Å²) in [6.45, 7) is 10.7. The third-order valence-corrected chi connectivity index (χ3v) is 5.77. The number of methoxy groups -OCH3 is 2. The van der Waals surface area contributed by atoms with Crippen LogP contribution in [0, 0.1) is 5.92 Å². The predicted molar refractivity (Wildman–Crippen MR) is 111 cm³/mol. The van der Waals surface area contributed by atoms with Crippen LogP contribution in [-0.4, -0.2) is 55.1 Å². The lowest BCUT2D eigenvalue weighted by molar-refractivity contribution is -0.128. The van der Waals surface area contributed by atoms with Crippen LogP contribution < -0.4 is 14.8 Å². The number of carbonyl (C=O) groups excluding carboxylic acids is 2. The largest absolute Gasteiger partial charge is 0.497 e. The van der Waals surface area contributed by atoms with E-state index in [0.717, 1.165) is 5.70 Å². The molecule has 1 aromatic carbocycles. The quantitative estimate of drug-likeness (QED) is 0.716. The molecule has 2 heterocycles. The monoisotopic (exact) mass is 399 g/mol. The van der Waals surface area contributed by atoms with Crippen molar-refractivity contribution in [2.45, 2.75) is 32.9 Å².